The van der Waals surface area contributed by atoms with Crippen molar-refractivity contribution in [3.8, 4) is 5.75 Å². The van der Waals surface area contributed by atoms with Gasteiger partial charge in [-0.15, -0.1) is 19.8 Å². The van der Waals surface area contributed by atoms with E-state index in [0.29, 0.717) is 12.1 Å². The number of alkyl halides is 3. The zero-order chi connectivity index (χ0) is 13.6. The zero-order valence-electron chi connectivity index (χ0n) is 10.2. The van der Waals surface area contributed by atoms with E-state index < -0.39 is 6.36 Å². The first-order chi connectivity index (χ1) is 8.42. The lowest BCUT2D eigenvalue weighted by atomic mass is 10.1. The molecule has 1 rings (SSSR count). The van der Waals surface area contributed by atoms with Gasteiger partial charge < -0.3 is 10.1 Å². The lowest BCUT2D eigenvalue weighted by Gasteiger charge is -2.12. The molecule has 1 aromatic rings. The Hall–Kier alpha value is -1.49. The summed E-state index contributed by atoms with van der Waals surface area (Å²) in [6, 6.07) is 4.64. The SMILES string of the molecule is C=CCCNCc1ccc(OC(F)(F)F)c(C)c1. The van der Waals surface area contributed by atoms with E-state index in [1.54, 1.807) is 25.1 Å². The summed E-state index contributed by atoms with van der Waals surface area (Å²) in [6.07, 6.45) is -1.98. The molecule has 0 aliphatic heterocycles. The van der Waals surface area contributed by atoms with Crippen molar-refractivity contribution in [2.24, 2.45) is 0 Å². The number of hydrogen-bond donors (Lipinski definition) is 1. The van der Waals surface area contributed by atoms with Crippen LogP contribution in [-0.4, -0.2) is 12.9 Å². The smallest absolute Gasteiger partial charge is 0.406 e. The molecule has 0 unspecified atom stereocenters. The number of nitrogens with one attached hydrogen (secondary N) is 1. The van der Waals surface area contributed by atoms with Crippen molar-refractivity contribution >= 4 is 0 Å². The minimum atomic E-state index is -4.64. The van der Waals surface area contributed by atoms with Gasteiger partial charge in [0.1, 0.15) is 5.75 Å². The topological polar surface area (TPSA) is 21.3 Å². The lowest BCUT2D eigenvalue weighted by Crippen LogP contribution is -2.18. The maximum Gasteiger partial charge on any atom is 0.573 e. The fourth-order valence-corrected chi connectivity index (χ4v) is 1.50. The monoisotopic (exact) mass is 259 g/mol. The number of benzene rings is 1. The highest BCUT2D eigenvalue weighted by atomic mass is 19.4. The molecule has 0 heterocycles. The van der Waals surface area contributed by atoms with Crippen LogP contribution in [0.5, 0.6) is 5.75 Å². The van der Waals surface area contributed by atoms with Gasteiger partial charge in [-0.2, -0.15) is 0 Å². The predicted molar refractivity (Wildman–Crippen MR) is 64.4 cm³/mol. The third-order valence-corrected chi connectivity index (χ3v) is 2.32. The van der Waals surface area contributed by atoms with Crippen LogP contribution in [0, 0.1) is 6.92 Å². The Balaban J connectivity index is 2.59. The molecule has 0 fully saturated rings. The molecule has 1 N–H and O–H groups in total. The number of ether oxygens (including phenoxy) is 1. The second-order valence-corrected chi connectivity index (χ2v) is 3.90. The molecular weight excluding hydrogens is 243 g/mol. The van der Waals surface area contributed by atoms with Crippen molar-refractivity contribution in [3.63, 3.8) is 0 Å². The molecule has 1 aromatic carbocycles. The molecule has 0 amide bonds. The highest BCUT2D eigenvalue weighted by molar-refractivity contribution is 5.36. The van der Waals surface area contributed by atoms with Crippen molar-refractivity contribution in [2.45, 2.75) is 26.3 Å². The van der Waals surface area contributed by atoms with E-state index in [4.69, 9.17) is 0 Å². The molecule has 18 heavy (non-hydrogen) atoms. The second-order valence-electron chi connectivity index (χ2n) is 3.90. The summed E-state index contributed by atoms with van der Waals surface area (Å²) in [5, 5.41) is 3.16. The van der Waals surface area contributed by atoms with Crippen molar-refractivity contribution < 1.29 is 17.9 Å². The molecule has 5 heteroatoms. The van der Waals surface area contributed by atoms with Gasteiger partial charge in [-0.1, -0.05) is 18.2 Å². The molecule has 0 bridgehead atoms. The molecule has 0 saturated carbocycles. The van der Waals surface area contributed by atoms with Crippen LogP contribution in [0.25, 0.3) is 0 Å². The number of hydrogen-bond acceptors (Lipinski definition) is 2. The van der Waals surface area contributed by atoms with Crippen LogP contribution in [-0.2, 0) is 6.54 Å². The molecule has 0 aromatic heterocycles. The molecule has 0 aliphatic carbocycles. The average molecular weight is 259 g/mol. The summed E-state index contributed by atoms with van der Waals surface area (Å²) in [5.74, 6) is -0.155. The minimum Gasteiger partial charge on any atom is -0.406 e. The lowest BCUT2D eigenvalue weighted by molar-refractivity contribution is -0.274. The van der Waals surface area contributed by atoms with E-state index in [9.17, 15) is 13.2 Å². The zero-order valence-corrected chi connectivity index (χ0v) is 10.2. The molecule has 0 atom stereocenters. The molecule has 0 saturated heterocycles. The summed E-state index contributed by atoms with van der Waals surface area (Å²) in [5.41, 5.74) is 1.39. The third-order valence-electron chi connectivity index (χ3n) is 2.32. The van der Waals surface area contributed by atoms with Crippen molar-refractivity contribution in [2.75, 3.05) is 6.54 Å². The summed E-state index contributed by atoms with van der Waals surface area (Å²) in [4.78, 5) is 0. The van der Waals surface area contributed by atoms with Gasteiger partial charge in [-0.25, -0.2) is 0 Å². The van der Waals surface area contributed by atoms with Crippen LogP contribution in [0.2, 0.25) is 0 Å². The molecule has 0 spiro atoms. The standard InChI is InChI=1S/C13H16F3NO/c1-3-4-7-17-9-11-5-6-12(10(2)8-11)18-13(14,15)16/h3,5-6,8,17H,1,4,7,9H2,2H3. The van der Waals surface area contributed by atoms with Crippen LogP contribution in [0.15, 0.2) is 30.9 Å². The van der Waals surface area contributed by atoms with Gasteiger partial charge in [0.15, 0.2) is 0 Å². The number of rotatable bonds is 6. The molecule has 100 valence electrons. The van der Waals surface area contributed by atoms with E-state index >= 15 is 0 Å². The number of halogens is 3. The van der Waals surface area contributed by atoms with E-state index in [2.05, 4.69) is 16.6 Å². The first-order valence-corrected chi connectivity index (χ1v) is 5.59. The van der Waals surface area contributed by atoms with Crippen LogP contribution in [0.1, 0.15) is 17.5 Å². The minimum absolute atomic E-state index is 0.155. The Morgan fingerprint density at radius 2 is 2.11 bits per heavy atom. The van der Waals surface area contributed by atoms with Crippen molar-refractivity contribution in [1.82, 2.24) is 5.32 Å². The van der Waals surface area contributed by atoms with Crippen LogP contribution >= 0.6 is 0 Å². The highest BCUT2D eigenvalue weighted by Gasteiger charge is 2.31. The summed E-state index contributed by atoms with van der Waals surface area (Å²) in [7, 11) is 0. The Morgan fingerprint density at radius 1 is 1.39 bits per heavy atom. The Kier molecular flexibility index (Phi) is 5.22. The molecule has 0 aliphatic rings. The third kappa shape index (κ3) is 5.23. The Morgan fingerprint density at radius 3 is 2.67 bits per heavy atom. The predicted octanol–water partition coefficient (Wildman–Crippen LogP) is 3.56. The normalized spacial score (nSPS) is 11.3. The molecule has 2 nitrogen and oxygen atoms in total. The second kappa shape index (κ2) is 6.44. The highest BCUT2D eigenvalue weighted by Crippen LogP contribution is 2.26. The van der Waals surface area contributed by atoms with Gasteiger partial charge in [0, 0.05) is 6.54 Å². The maximum absolute atomic E-state index is 12.1. The summed E-state index contributed by atoms with van der Waals surface area (Å²) in [6.45, 7) is 6.60. The summed E-state index contributed by atoms with van der Waals surface area (Å²) >= 11 is 0. The van der Waals surface area contributed by atoms with Gasteiger partial charge in [-0.3, -0.25) is 0 Å². The number of aryl methyl sites for hydroxylation is 1. The van der Waals surface area contributed by atoms with Crippen LogP contribution in [0.3, 0.4) is 0 Å². The van der Waals surface area contributed by atoms with Crippen LogP contribution in [0.4, 0.5) is 13.2 Å². The molecule has 0 radical (unpaired) electrons. The largest absolute Gasteiger partial charge is 0.573 e. The fraction of sp³-hybridized carbons (Fsp3) is 0.385. The fourth-order valence-electron chi connectivity index (χ4n) is 1.50. The average Bonchev–Trinajstić information content (AvgIpc) is 2.26. The van der Waals surface area contributed by atoms with E-state index in [0.717, 1.165) is 18.5 Å². The Labute approximate surface area is 104 Å². The quantitative estimate of drug-likeness (QED) is 0.623. The summed E-state index contributed by atoms with van der Waals surface area (Å²) < 4.78 is 40.1. The van der Waals surface area contributed by atoms with Gasteiger partial charge >= 0.3 is 6.36 Å². The van der Waals surface area contributed by atoms with Gasteiger partial charge in [0.2, 0.25) is 0 Å². The van der Waals surface area contributed by atoms with Crippen LogP contribution < -0.4 is 10.1 Å². The Bertz CT molecular complexity index is 402. The first kappa shape index (κ1) is 14.6. The first-order valence-electron chi connectivity index (χ1n) is 5.59. The van der Waals surface area contributed by atoms with Crippen molar-refractivity contribution in [1.29, 1.82) is 0 Å². The van der Waals surface area contributed by atoms with E-state index in [1.165, 1.54) is 6.07 Å². The molecular formula is C13H16F3NO. The van der Waals surface area contributed by atoms with Crippen molar-refractivity contribution in [3.05, 3.63) is 42.0 Å². The van der Waals surface area contributed by atoms with E-state index in [1.807, 2.05) is 0 Å². The van der Waals surface area contributed by atoms with Gasteiger partial charge in [0.25, 0.3) is 0 Å². The maximum atomic E-state index is 12.1. The van der Waals surface area contributed by atoms with E-state index in [-0.39, 0.29) is 5.75 Å². The van der Waals surface area contributed by atoms with Gasteiger partial charge in [0.05, 0.1) is 0 Å². The van der Waals surface area contributed by atoms with Gasteiger partial charge in [-0.05, 0) is 37.1 Å².